The van der Waals surface area contributed by atoms with E-state index in [9.17, 15) is 0 Å². The Morgan fingerprint density at radius 1 is 0.548 bits per heavy atom. The summed E-state index contributed by atoms with van der Waals surface area (Å²) in [4.78, 5) is 0.861. The molecule has 0 aromatic heterocycles. The third-order valence-electron chi connectivity index (χ3n) is 5.35. The van der Waals surface area contributed by atoms with Crippen LogP contribution in [-0.2, 0) is 17.7 Å². The van der Waals surface area contributed by atoms with Crippen molar-refractivity contribution in [1.82, 2.24) is 0 Å². The van der Waals surface area contributed by atoms with Crippen molar-refractivity contribution in [3.05, 3.63) is 0 Å². The molecule has 0 aliphatic carbocycles. The van der Waals surface area contributed by atoms with Crippen molar-refractivity contribution >= 4 is 48.5 Å². The van der Waals surface area contributed by atoms with Crippen LogP contribution in [0.4, 0.5) is 0 Å². The molecule has 0 amide bonds. The molecule has 0 fully saturated rings. The van der Waals surface area contributed by atoms with Gasteiger partial charge < -0.3 is 17.7 Å². The molecule has 0 spiro atoms. The van der Waals surface area contributed by atoms with Gasteiger partial charge in [-0.05, 0) is 62.5 Å². The first-order valence-electron chi connectivity index (χ1n) is 12.5. The van der Waals surface area contributed by atoms with Gasteiger partial charge in [-0.3, -0.25) is 0 Å². The second-order valence-corrected chi connectivity index (χ2v) is 19.7. The molecule has 0 N–H and O–H groups in total. The maximum Gasteiger partial charge on any atom is 0.352 e. The van der Waals surface area contributed by atoms with Gasteiger partial charge in [-0.2, -0.15) is 0 Å². The van der Waals surface area contributed by atoms with E-state index < -0.39 is 17.1 Å². The highest BCUT2D eigenvalue weighted by atomic mass is 33.5. The molecule has 4 nitrogen and oxygen atoms in total. The van der Waals surface area contributed by atoms with Gasteiger partial charge >= 0.3 is 17.1 Å². The molecular formula is C22H50O4S3Si2. The summed E-state index contributed by atoms with van der Waals surface area (Å²) in [5.41, 5.74) is 0. The normalized spacial score (nSPS) is 14.7. The molecule has 0 saturated carbocycles. The molecule has 188 valence electrons. The Kier molecular flexibility index (Phi) is 20.4. The standard InChI is InChI=1S/C22H50O4S3Si2/c1-9-17-19-30(23-13-5,24-14-6)21(11-3)27-29-28-22(12-4)31(25-15-7,26-16-8)20-18-10-2/h21-22H,9-20H2,1-8H3. The van der Waals surface area contributed by atoms with Crippen LogP contribution in [0.1, 0.15) is 93.9 Å². The monoisotopic (exact) mass is 530 g/mol. The summed E-state index contributed by atoms with van der Waals surface area (Å²) in [5, 5.41) is 0. The summed E-state index contributed by atoms with van der Waals surface area (Å²) in [7, 11) is 1.39. The Morgan fingerprint density at radius 2 is 0.871 bits per heavy atom. The maximum absolute atomic E-state index is 6.44. The smallest absolute Gasteiger partial charge is 0.352 e. The van der Waals surface area contributed by atoms with Crippen molar-refractivity contribution in [1.29, 1.82) is 0 Å². The van der Waals surface area contributed by atoms with E-state index in [0.717, 1.165) is 51.4 Å². The fourth-order valence-corrected chi connectivity index (χ4v) is 22.5. The summed E-state index contributed by atoms with van der Waals surface area (Å²) in [5.74, 6) is 0. The molecule has 0 heterocycles. The second kappa shape index (κ2) is 19.6. The van der Waals surface area contributed by atoms with E-state index in [1.165, 1.54) is 25.7 Å². The molecule has 0 aromatic carbocycles. The molecule has 0 radical (unpaired) electrons. The average molecular weight is 531 g/mol. The highest BCUT2D eigenvalue weighted by Gasteiger charge is 2.47. The van der Waals surface area contributed by atoms with Gasteiger partial charge in [0.2, 0.25) is 0 Å². The Hall–Kier alpha value is 1.32. The number of rotatable bonds is 22. The number of hydrogen-bond acceptors (Lipinski definition) is 7. The van der Waals surface area contributed by atoms with Crippen molar-refractivity contribution in [2.75, 3.05) is 26.4 Å². The van der Waals surface area contributed by atoms with Crippen LogP contribution in [0.25, 0.3) is 0 Å². The minimum absolute atomic E-state index is 0.430. The third-order valence-corrected chi connectivity index (χ3v) is 21.8. The topological polar surface area (TPSA) is 36.9 Å². The predicted molar refractivity (Wildman–Crippen MR) is 148 cm³/mol. The molecule has 0 aliphatic rings. The van der Waals surface area contributed by atoms with Crippen molar-refractivity contribution in [3.8, 4) is 0 Å². The maximum atomic E-state index is 6.44. The molecule has 0 aromatic rings. The van der Waals surface area contributed by atoms with Crippen molar-refractivity contribution in [2.24, 2.45) is 0 Å². The largest absolute Gasteiger partial charge is 0.394 e. The molecule has 9 heteroatoms. The summed E-state index contributed by atoms with van der Waals surface area (Å²) in [6.45, 7) is 20.5. The van der Waals surface area contributed by atoms with E-state index in [4.69, 9.17) is 17.7 Å². The lowest BCUT2D eigenvalue weighted by atomic mass is 10.4. The molecule has 0 aliphatic heterocycles. The van der Waals surface area contributed by atoms with Crippen LogP contribution in [-0.4, -0.2) is 53.3 Å². The van der Waals surface area contributed by atoms with E-state index in [2.05, 4.69) is 55.4 Å². The van der Waals surface area contributed by atoms with Gasteiger partial charge in [0.05, 0.1) is 9.75 Å². The van der Waals surface area contributed by atoms with E-state index in [0.29, 0.717) is 9.75 Å². The first-order chi connectivity index (χ1) is 15.0. The van der Waals surface area contributed by atoms with E-state index >= 15 is 0 Å². The van der Waals surface area contributed by atoms with E-state index in [-0.39, 0.29) is 0 Å². The molecule has 2 unspecified atom stereocenters. The zero-order chi connectivity index (χ0) is 23.6. The zero-order valence-corrected chi connectivity index (χ0v) is 25.9. The lowest BCUT2D eigenvalue weighted by molar-refractivity contribution is 0.179. The van der Waals surface area contributed by atoms with Crippen LogP contribution in [0.3, 0.4) is 0 Å². The summed E-state index contributed by atoms with van der Waals surface area (Å²) >= 11 is 0. The van der Waals surface area contributed by atoms with Gasteiger partial charge in [0.1, 0.15) is 0 Å². The fourth-order valence-electron chi connectivity index (χ4n) is 3.91. The Labute approximate surface area is 207 Å². The van der Waals surface area contributed by atoms with Crippen LogP contribution in [0.15, 0.2) is 0 Å². The molecular weight excluding hydrogens is 481 g/mol. The van der Waals surface area contributed by atoms with Crippen LogP contribution in [0.5, 0.6) is 0 Å². The van der Waals surface area contributed by atoms with Gasteiger partial charge in [0, 0.05) is 26.4 Å². The average Bonchev–Trinajstić information content (AvgIpc) is 2.76. The number of unbranched alkanes of at least 4 members (excludes halogenated alkanes) is 2. The first-order valence-corrected chi connectivity index (χ1v) is 20.3. The first kappa shape index (κ1) is 32.3. The van der Waals surface area contributed by atoms with Crippen LogP contribution in [0, 0.1) is 0 Å². The van der Waals surface area contributed by atoms with Gasteiger partial charge in [0.15, 0.2) is 0 Å². The Balaban J connectivity index is 5.39. The summed E-state index contributed by atoms with van der Waals surface area (Å²) < 4.78 is 25.8. The lowest BCUT2D eigenvalue weighted by Crippen LogP contribution is -2.52. The van der Waals surface area contributed by atoms with Gasteiger partial charge in [-0.1, -0.05) is 75.0 Å². The minimum atomic E-state index is -2.25. The third kappa shape index (κ3) is 11.1. The predicted octanol–water partition coefficient (Wildman–Crippen LogP) is 8.28. The second-order valence-electron chi connectivity index (χ2n) is 7.62. The van der Waals surface area contributed by atoms with Crippen molar-refractivity contribution in [2.45, 2.75) is 116 Å². The molecule has 2 atom stereocenters. The molecule has 0 bridgehead atoms. The highest BCUT2D eigenvalue weighted by molar-refractivity contribution is 9.09. The quantitative estimate of drug-likeness (QED) is 0.103. The van der Waals surface area contributed by atoms with Gasteiger partial charge in [-0.15, -0.1) is 0 Å². The SMILES string of the molecule is CCCC[Si](OCC)(OCC)C(CC)SSSC(CC)[Si](CCCC)(OCC)OCC. The van der Waals surface area contributed by atoms with Crippen LogP contribution >= 0.6 is 31.4 Å². The highest BCUT2D eigenvalue weighted by Crippen LogP contribution is 2.48. The Morgan fingerprint density at radius 3 is 1.10 bits per heavy atom. The van der Waals surface area contributed by atoms with Gasteiger partial charge in [-0.25, -0.2) is 0 Å². The molecule has 0 rings (SSSR count). The van der Waals surface area contributed by atoms with Crippen molar-refractivity contribution in [3.63, 3.8) is 0 Å². The number of hydrogen-bond donors (Lipinski definition) is 0. The van der Waals surface area contributed by atoms with Crippen molar-refractivity contribution < 1.29 is 17.7 Å². The van der Waals surface area contributed by atoms with Gasteiger partial charge in [0.25, 0.3) is 0 Å². The van der Waals surface area contributed by atoms with E-state index in [1.807, 2.05) is 31.4 Å². The zero-order valence-electron chi connectivity index (χ0n) is 21.5. The Bertz CT molecular complexity index is 374. The lowest BCUT2D eigenvalue weighted by Gasteiger charge is -2.37. The molecule has 0 saturated heterocycles. The fraction of sp³-hybridized carbons (Fsp3) is 1.00. The summed E-state index contributed by atoms with van der Waals surface area (Å²) in [6.07, 6.45) is 6.90. The summed E-state index contributed by atoms with van der Waals surface area (Å²) in [6, 6.07) is 2.18. The minimum Gasteiger partial charge on any atom is -0.394 e. The van der Waals surface area contributed by atoms with Crippen LogP contribution in [0.2, 0.25) is 12.1 Å². The molecule has 31 heavy (non-hydrogen) atoms. The van der Waals surface area contributed by atoms with Crippen LogP contribution < -0.4 is 0 Å². The van der Waals surface area contributed by atoms with E-state index in [1.54, 1.807) is 0 Å².